The fourth-order valence-corrected chi connectivity index (χ4v) is 5.57. The summed E-state index contributed by atoms with van der Waals surface area (Å²) in [6.45, 7) is 2.72. The lowest BCUT2D eigenvalue weighted by atomic mass is 10.0. The van der Waals surface area contributed by atoms with Crippen molar-refractivity contribution in [3.8, 4) is 0 Å². The molecule has 2 amide bonds. The molecule has 0 bridgehead atoms. The van der Waals surface area contributed by atoms with Crippen LogP contribution in [0, 0.1) is 10.1 Å². The van der Waals surface area contributed by atoms with Gasteiger partial charge in [0.2, 0.25) is 6.61 Å². The number of aromatic nitrogens is 1. The Kier molecular flexibility index (Phi) is 8.44. The zero-order chi connectivity index (χ0) is 29.0. The van der Waals surface area contributed by atoms with Gasteiger partial charge in [-0.15, -0.1) is 23.1 Å². The zero-order valence-electron chi connectivity index (χ0n) is 20.3. The van der Waals surface area contributed by atoms with Crippen LogP contribution < -0.4 is 11.1 Å². The second-order valence-corrected chi connectivity index (χ2v) is 10.1. The standard InChI is InChI=1S/C23H20N6O9S2/c1-2-12-9-39-21-17(20(32)28(21)18(12)22(33)34)26-19(31)16(14-10-40-23(24)25-14)27-38-8-15(30)37-7-11-3-5-13(6-4-11)29(35)36/h2-6,10,17,21H,1,7-9H2,(H2,24,25)(H,26,31)(H,33,34)/t17?,21-/m0/s1. The number of nitrogen functional groups attached to an aromatic ring is 1. The number of benzene rings is 1. The highest BCUT2D eigenvalue weighted by molar-refractivity contribution is 8.00. The van der Waals surface area contributed by atoms with Crippen LogP contribution in [0.1, 0.15) is 11.3 Å². The van der Waals surface area contributed by atoms with Crippen molar-refractivity contribution < 1.29 is 38.8 Å². The number of fused-ring (bicyclic) bond motifs is 1. The molecule has 0 radical (unpaired) electrons. The van der Waals surface area contributed by atoms with Crippen molar-refractivity contribution in [2.24, 2.45) is 5.16 Å². The Morgan fingerprint density at radius 3 is 2.67 bits per heavy atom. The minimum absolute atomic E-state index is 0.0271. The molecular weight excluding hydrogens is 568 g/mol. The number of anilines is 1. The number of non-ortho nitro benzene ring substituents is 1. The number of thiazole rings is 1. The quantitative estimate of drug-likeness (QED) is 0.110. The number of amides is 2. The zero-order valence-corrected chi connectivity index (χ0v) is 22.0. The molecule has 17 heteroatoms. The highest BCUT2D eigenvalue weighted by atomic mass is 32.2. The lowest BCUT2D eigenvalue weighted by Gasteiger charge is -2.49. The molecule has 0 spiro atoms. The molecular formula is C23H20N6O9S2. The summed E-state index contributed by atoms with van der Waals surface area (Å²) in [6, 6.07) is 4.35. The predicted molar refractivity (Wildman–Crippen MR) is 142 cm³/mol. The second kappa shape index (κ2) is 12.0. The van der Waals surface area contributed by atoms with Gasteiger partial charge in [-0.3, -0.25) is 24.6 Å². The number of allylic oxidation sites excluding steroid dienone is 1. The molecule has 0 saturated carbocycles. The Hall–Kier alpha value is -4.77. The van der Waals surface area contributed by atoms with E-state index in [2.05, 4.69) is 22.0 Å². The van der Waals surface area contributed by atoms with E-state index in [9.17, 15) is 34.4 Å². The van der Waals surface area contributed by atoms with Crippen LogP contribution in [0.4, 0.5) is 10.8 Å². The maximum absolute atomic E-state index is 13.1. The summed E-state index contributed by atoms with van der Waals surface area (Å²) in [6.07, 6.45) is 1.37. The van der Waals surface area contributed by atoms with E-state index in [0.29, 0.717) is 11.1 Å². The molecule has 2 aromatic rings. The third kappa shape index (κ3) is 5.94. The number of esters is 1. The Morgan fingerprint density at radius 2 is 2.08 bits per heavy atom. The topological polar surface area (TPSA) is 217 Å². The van der Waals surface area contributed by atoms with Gasteiger partial charge in [0.05, 0.1) is 4.92 Å². The van der Waals surface area contributed by atoms with E-state index < -0.39 is 46.7 Å². The van der Waals surface area contributed by atoms with Crippen molar-refractivity contribution in [1.29, 1.82) is 0 Å². The molecule has 1 aromatic carbocycles. The van der Waals surface area contributed by atoms with Gasteiger partial charge in [0, 0.05) is 23.3 Å². The number of hydrogen-bond acceptors (Lipinski definition) is 13. The minimum Gasteiger partial charge on any atom is -0.477 e. The number of thioether (sulfide) groups is 1. The van der Waals surface area contributed by atoms with Crippen LogP contribution in [0.3, 0.4) is 0 Å². The number of oxime groups is 1. The van der Waals surface area contributed by atoms with Crippen LogP contribution in [0.5, 0.6) is 0 Å². The van der Waals surface area contributed by atoms with E-state index in [-0.39, 0.29) is 40.3 Å². The average Bonchev–Trinajstić information content (AvgIpc) is 3.37. The average molecular weight is 589 g/mol. The number of nitrogens with two attached hydrogens (primary N) is 1. The molecule has 0 aliphatic carbocycles. The van der Waals surface area contributed by atoms with Gasteiger partial charge in [-0.25, -0.2) is 14.6 Å². The van der Waals surface area contributed by atoms with Gasteiger partial charge < -0.3 is 25.7 Å². The fourth-order valence-electron chi connectivity index (χ4n) is 3.68. The molecule has 2 atom stereocenters. The number of carboxylic acids is 1. The van der Waals surface area contributed by atoms with Crippen LogP contribution in [0.2, 0.25) is 0 Å². The summed E-state index contributed by atoms with van der Waals surface area (Å²) in [5.74, 6) is -3.34. The van der Waals surface area contributed by atoms with Crippen LogP contribution in [-0.2, 0) is 35.4 Å². The van der Waals surface area contributed by atoms with E-state index in [1.165, 1.54) is 47.5 Å². The lowest BCUT2D eigenvalue weighted by Crippen LogP contribution is -2.71. The molecule has 15 nitrogen and oxygen atoms in total. The van der Waals surface area contributed by atoms with Gasteiger partial charge in [0.1, 0.15) is 29.4 Å². The molecule has 2 aliphatic rings. The monoisotopic (exact) mass is 588 g/mol. The summed E-state index contributed by atoms with van der Waals surface area (Å²) < 4.78 is 5.04. The molecule has 4 N–H and O–H groups in total. The van der Waals surface area contributed by atoms with Gasteiger partial charge >= 0.3 is 11.9 Å². The molecule has 40 heavy (non-hydrogen) atoms. The maximum atomic E-state index is 13.1. The first-order valence-corrected chi connectivity index (χ1v) is 13.2. The summed E-state index contributed by atoms with van der Waals surface area (Å²) >= 11 is 2.28. The van der Waals surface area contributed by atoms with Gasteiger partial charge in [-0.1, -0.05) is 17.8 Å². The third-order valence-corrected chi connectivity index (χ3v) is 7.57. The number of carboxylic acid groups (broad SMARTS) is 1. The molecule has 1 fully saturated rings. The van der Waals surface area contributed by atoms with Crippen molar-refractivity contribution in [2.45, 2.75) is 18.0 Å². The number of nitro groups is 1. The van der Waals surface area contributed by atoms with E-state index in [4.69, 9.17) is 15.3 Å². The Labute approximate surface area is 233 Å². The van der Waals surface area contributed by atoms with E-state index in [1.54, 1.807) is 0 Å². The number of nitrogens with one attached hydrogen (secondary N) is 1. The summed E-state index contributed by atoms with van der Waals surface area (Å²) in [5.41, 5.74) is 5.91. The first-order valence-electron chi connectivity index (χ1n) is 11.3. The second-order valence-electron chi connectivity index (χ2n) is 8.11. The largest absolute Gasteiger partial charge is 0.477 e. The van der Waals surface area contributed by atoms with Crippen LogP contribution in [-0.4, -0.2) is 73.2 Å². The SMILES string of the molecule is C=CC1=C(C(=O)O)N2C(=O)C(NC(=O)C(=NOCC(=O)OCc3ccc([N+](=O)[O-])cc3)c3csc(N)n3)[C@@H]2SC1. The van der Waals surface area contributed by atoms with E-state index >= 15 is 0 Å². The number of carbonyl (C=O) groups is 4. The third-order valence-electron chi connectivity index (χ3n) is 5.60. The van der Waals surface area contributed by atoms with Gasteiger partial charge in [0.25, 0.3) is 17.5 Å². The molecule has 1 aromatic heterocycles. The number of rotatable bonds is 11. The highest BCUT2D eigenvalue weighted by Gasteiger charge is 2.54. The molecule has 3 heterocycles. The van der Waals surface area contributed by atoms with Crippen molar-refractivity contribution in [2.75, 3.05) is 18.1 Å². The van der Waals surface area contributed by atoms with Gasteiger partial charge in [-0.05, 0) is 23.3 Å². The molecule has 4 rings (SSSR count). The fraction of sp³-hybridized carbons (Fsp3) is 0.217. The minimum atomic E-state index is -1.28. The molecule has 2 aliphatic heterocycles. The van der Waals surface area contributed by atoms with Crippen LogP contribution in [0.25, 0.3) is 0 Å². The lowest BCUT2D eigenvalue weighted by molar-refractivity contribution is -0.384. The van der Waals surface area contributed by atoms with Gasteiger partial charge in [-0.2, -0.15) is 0 Å². The number of nitro benzene ring substituents is 1. The Bertz CT molecular complexity index is 1450. The normalized spacial score (nSPS) is 18.4. The summed E-state index contributed by atoms with van der Waals surface area (Å²) in [4.78, 5) is 69.9. The van der Waals surface area contributed by atoms with Crippen LogP contribution >= 0.6 is 23.1 Å². The predicted octanol–water partition coefficient (Wildman–Crippen LogP) is 1.02. The highest BCUT2D eigenvalue weighted by Crippen LogP contribution is 2.40. The molecule has 1 saturated heterocycles. The Balaban J connectivity index is 1.39. The van der Waals surface area contributed by atoms with Crippen molar-refractivity contribution in [3.63, 3.8) is 0 Å². The number of ether oxygens (including phenoxy) is 1. The number of aliphatic carboxylic acids is 1. The van der Waals surface area contributed by atoms with Crippen molar-refractivity contribution >= 4 is 63.4 Å². The van der Waals surface area contributed by atoms with Crippen molar-refractivity contribution in [3.05, 3.63) is 74.9 Å². The number of hydrogen-bond donors (Lipinski definition) is 3. The van der Waals surface area contributed by atoms with E-state index in [0.717, 1.165) is 16.2 Å². The molecule has 1 unspecified atom stereocenters. The molecule has 208 valence electrons. The number of carbonyl (C=O) groups excluding carboxylic acids is 3. The van der Waals surface area contributed by atoms with Crippen molar-refractivity contribution in [1.82, 2.24) is 15.2 Å². The first-order chi connectivity index (χ1) is 19.1. The van der Waals surface area contributed by atoms with E-state index in [1.807, 2.05) is 0 Å². The van der Waals surface area contributed by atoms with Crippen LogP contribution in [0.15, 0.2) is 58.7 Å². The smallest absolute Gasteiger partial charge is 0.352 e. The Morgan fingerprint density at radius 1 is 1.35 bits per heavy atom. The summed E-state index contributed by atoms with van der Waals surface area (Å²) in [5, 5.41) is 27.4. The summed E-state index contributed by atoms with van der Waals surface area (Å²) in [7, 11) is 0. The first kappa shape index (κ1) is 28.2. The maximum Gasteiger partial charge on any atom is 0.352 e. The number of β-lactam (4-membered cyclic amide) rings is 1. The van der Waals surface area contributed by atoms with Gasteiger partial charge in [0.15, 0.2) is 10.8 Å². The number of nitrogens with zero attached hydrogens (tertiary/aromatic N) is 4.